The summed E-state index contributed by atoms with van der Waals surface area (Å²) in [7, 11) is 0. The van der Waals surface area contributed by atoms with Crippen LogP contribution in [-0.2, 0) is 6.42 Å². The van der Waals surface area contributed by atoms with E-state index in [4.69, 9.17) is 4.42 Å². The van der Waals surface area contributed by atoms with Gasteiger partial charge in [-0.3, -0.25) is 14.5 Å². The minimum atomic E-state index is -0.535. The van der Waals surface area contributed by atoms with Gasteiger partial charge in [0.1, 0.15) is 5.58 Å². The number of hydrogen-bond donors (Lipinski definition) is 0. The third-order valence-corrected chi connectivity index (χ3v) is 6.50. The van der Waals surface area contributed by atoms with Crippen LogP contribution in [0.15, 0.2) is 69.9 Å². The molecule has 0 saturated carbocycles. The van der Waals surface area contributed by atoms with Crippen LogP contribution in [0.2, 0.25) is 0 Å². The fourth-order valence-electron chi connectivity index (χ4n) is 4.48. The zero-order valence-corrected chi connectivity index (χ0v) is 18.7. The average Bonchev–Trinajstić information content (AvgIpc) is 3.09. The van der Waals surface area contributed by atoms with Gasteiger partial charge in [0.2, 0.25) is 5.76 Å². The molecule has 1 atom stereocenters. The van der Waals surface area contributed by atoms with Crippen molar-refractivity contribution in [1.29, 1.82) is 0 Å². The molecule has 1 amide bonds. The highest BCUT2D eigenvalue weighted by molar-refractivity contribution is 6.10. The van der Waals surface area contributed by atoms with Gasteiger partial charge in [-0.15, -0.1) is 0 Å². The number of hydrogen-bond acceptors (Lipinski definition) is 3. The van der Waals surface area contributed by atoms with E-state index in [0.717, 1.165) is 34.4 Å². The van der Waals surface area contributed by atoms with E-state index in [-0.39, 0.29) is 17.1 Å². The maximum atomic E-state index is 13.7. The number of anilines is 1. The summed E-state index contributed by atoms with van der Waals surface area (Å²) in [5.41, 5.74) is 6.78. The molecule has 0 saturated heterocycles. The molecule has 0 bridgehead atoms. The van der Waals surface area contributed by atoms with Gasteiger partial charge < -0.3 is 4.42 Å². The summed E-state index contributed by atoms with van der Waals surface area (Å²) in [6.07, 6.45) is 0.924. The SMILES string of the molecule is CCc1ccc(C2c3c(oc4ccc(C)cc4c3=O)C(=O)N2c2ccc(C)c(C)c2)cc1. The van der Waals surface area contributed by atoms with Gasteiger partial charge in [0.25, 0.3) is 5.91 Å². The molecule has 0 radical (unpaired) electrons. The predicted octanol–water partition coefficient (Wildman–Crippen LogP) is 6.03. The number of rotatable bonds is 3. The Morgan fingerprint density at radius 2 is 1.62 bits per heavy atom. The molecule has 5 rings (SSSR count). The first-order valence-corrected chi connectivity index (χ1v) is 11.0. The molecule has 1 aliphatic rings. The molecule has 32 heavy (non-hydrogen) atoms. The second kappa shape index (κ2) is 7.49. The number of amides is 1. The van der Waals surface area contributed by atoms with Crippen molar-refractivity contribution in [2.45, 2.75) is 40.2 Å². The van der Waals surface area contributed by atoms with Crippen LogP contribution in [0.25, 0.3) is 11.0 Å². The van der Waals surface area contributed by atoms with Crippen molar-refractivity contribution in [3.63, 3.8) is 0 Å². The highest BCUT2D eigenvalue weighted by Crippen LogP contribution is 2.41. The molecule has 1 aliphatic heterocycles. The highest BCUT2D eigenvalue weighted by atomic mass is 16.3. The monoisotopic (exact) mass is 423 g/mol. The lowest BCUT2D eigenvalue weighted by molar-refractivity contribution is 0.0971. The summed E-state index contributed by atoms with van der Waals surface area (Å²) in [4.78, 5) is 29.0. The summed E-state index contributed by atoms with van der Waals surface area (Å²) in [5.74, 6) is -0.151. The van der Waals surface area contributed by atoms with Gasteiger partial charge in [-0.25, -0.2) is 0 Å². The van der Waals surface area contributed by atoms with E-state index in [0.29, 0.717) is 16.5 Å². The van der Waals surface area contributed by atoms with Crippen molar-refractivity contribution in [3.8, 4) is 0 Å². The van der Waals surface area contributed by atoms with E-state index in [2.05, 4.69) is 19.1 Å². The predicted molar refractivity (Wildman–Crippen MR) is 128 cm³/mol. The molecule has 160 valence electrons. The third kappa shape index (κ3) is 3.06. The van der Waals surface area contributed by atoms with E-state index in [1.54, 1.807) is 11.0 Å². The number of benzene rings is 3. The van der Waals surface area contributed by atoms with Gasteiger partial charge in [0, 0.05) is 5.69 Å². The normalized spacial score (nSPS) is 15.4. The molecular formula is C28H25NO3. The Kier molecular flexibility index (Phi) is 4.74. The van der Waals surface area contributed by atoms with Crippen LogP contribution in [0.1, 0.15) is 56.9 Å². The van der Waals surface area contributed by atoms with Crippen LogP contribution in [0, 0.1) is 20.8 Å². The largest absolute Gasteiger partial charge is 0.450 e. The van der Waals surface area contributed by atoms with Crippen molar-refractivity contribution in [1.82, 2.24) is 0 Å². The molecule has 1 unspecified atom stereocenters. The first kappa shape index (κ1) is 20.3. The first-order chi connectivity index (χ1) is 15.4. The van der Waals surface area contributed by atoms with Gasteiger partial charge in [0.05, 0.1) is 17.0 Å². The molecule has 0 aliphatic carbocycles. The maximum Gasteiger partial charge on any atom is 0.295 e. The van der Waals surface area contributed by atoms with Gasteiger partial charge in [-0.05, 0) is 73.7 Å². The fraction of sp³-hybridized carbons (Fsp3) is 0.214. The van der Waals surface area contributed by atoms with Crippen molar-refractivity contribution < 1.29 is 9.21 Å². The van der Waals surface area contributed by atoms with Crippen LogP contribution >= 0.6 is 0 Å². The van der Waals surface area contributed by atoms with Crippen LogP contribution < -0.4 is 10.3 Å². The lowest BCUT2D eigenvalue weighted by atomic mass is 9.96. The molecule has 0 spiro atoms. The Balaban J connectivity index is 1.80. The molecular weight excluding hydrogens is 398 g/mol. The third-order valence-electron chi connectivity index (χ3n) is 6.50. The highest BCUT2D eigenvalue weighted by Gasteiger charge is 2.43. The molecule has 3 aromatic carbocycles. The first-order valence-electron chi connectivity index (χ1n) is 11.0. The Labute approximate surface area is 187 Å². The summed E-state index contributed by atoms with van der Waals surface area (Å²) in [6, 6.07) is 19.0. The van der Waals surface area contributed by atoms with Gasteiger partial charge >= 0.3 is 0 Å². The molecule has 0 N–H and O–H groups in total. The second-order valence-electron chi connectivity index (χ2n) is 8.61. The Morgan fingerprint density at radius 1 is 0.875 bits per heavy atom. The van der Waals surface area contributed by atoms with Crippen molar-refractivity contribution in [2.75, 3.05) is 4.90 Å². The quantitative estimate of drug-likeness (QED) is 0.404. The van der Waals surface area contributed by atoms with E-state index in [1.807, 2.05) is 63.2 Å². The Bertz CT molecular complexity index is 1430. The Morgan fingerprint density at radius 3 is 2.31 bits per heavy atom. The Hall–Kier alpha value is -3.66. The maximum absolute atomic E-state index is 13.7. The molecule has 4 nitrogen and oxygen atoms in total. The number of carbonyl (C=O) groups excluding carboxylic acids is 1. The second-order valence-corrected chi connectivity index (χ2v) is 8.61. The van der Waals surface area contributed by atoms with E-state index in [1.165, 1.54) is 5.56 Å². The minimum Gasteiger partial charge on any atom is -0.450 e. The smallest absolute Gasteiger partial charge is 0.295 e. The summed E-state index contributed by atoms with van der Waals surface area (Å²) >= 11 is 0. The molecule has 4 aromatic rings. The average molecular weight is 424 g/mol. The topological polar surface area (TPSA) is 50.5 Å². The van der Waals surface area contributed by atoms with Gasteiger partial charge in [-0.2, -0.15) is 0 Å². The van der Waals surface area contributed by atoms with Gasteiger partial charge in [-0.1, -0.05) is 48.9 Å². The lowest BCUT2D eigenvalue weighted by Crippen LogP contribution is -2.29. The van der Waals surface area contributed by atoms with Crippen LogP contribution in [0.3, 0.4) is 0 Å². The minimum absolute atomic E-state index is 0.133. The summed E-state index contributed by atoms with van der Waals surface area (Å²) in [6.45, 7) is 8.12. The molecule has 0 fully saturated rings. The number of aryl methyl sites for hydroxylation is 4. The van der Waals surface area contributed by atoms with E-state index in [9.17, 15) is 9.59 Å². The fourth-order valence-corrected chi connectivity index (χ4v) is 4.48. The molecule has 1 aromatic heterocycles. The number of carbonyl (C=O) groups is 1. The van der Waals surface area contributed by atoms with Crippen molar-refractivity contribution >= 4 is 22.6 Å². The van der Waals surface area contributed by atoms with Crippen LogP contribution in [-0.4, -0.2) is 5.91 Å². The number of fused-ring (bicyclic) bond motifs is 2. The van der Waals surface area contributed by atoms with Crippen molar-refractivity contribution in [3.05, 3.63) is 110 Å². The van der Waals surface area contributed by atoms with Crippen molar-refractivity contribution in [2.24, 2.45) is 0 Å². The van der Waals surface area contributed by atoms with Crippen LogP contribution in [0.5, 0.6) is 0 Å². The lowest BCUT2D eigenvalue weighted by Gasteiger charge is -2.26. The van der Waals surface area contributed by atoms with Gasteiger partial charge in [0.15, 0.2) is 5.43 Å². The zero-order chi connectivity index (χ0) is 22.6. The standard InChI is InChI=1S/C28H25NO3/c1-5-19-8-10-20(11-9-19)25-24-26(30)22-14-16(2)6-13-23(22)32-27(24)28(31)29(25)21-12-7-17(3)18(4)15-21/h6-15,25H,5H2,1-4H3. The summed E-state index contributed by atoms with van der Waals surface area (Å²) < 4.78 is 6.06. The molecule has 4 heteroatoms. The van der Waals surface area contributed by atoms with E-state index >= 15 is 0 Å². The molecule has 2 heterocycles. The number of nitrogens with zero attached hydrogens (tertiary/aromatic N) is 1. The zero-order valence-electron chi connectivity index (χ0n) is 18.7. The van der Waals surface area contributed by atoms with E-state index < -0.39 is 6.04 Å². The van der Waals surface area contributed by atoms with Crippen LogP contribution in [0.4, 0.5) is 5.69 Å². The summed E-state index contributed by atoms with van der Waals surface area (Å²) in [5, 5.41) is 0.508.